The molecular weight excluding hydrogens is 332 g/mol. The van der Waals surface area contributed by atoms with Gasteiger partial charge >= 0.3 is 11.9 Å². The first-order valence-corrected chi connectivity index (χ1v) is 7.61. The lowest BCUT2D eigenvalue weighted by molar-refractivity contribution is 0.0510. The summed E-state index contributed by atoms with van der Waals surface area (Å²) in [6.45, 7) is 4.14. The molecule has 0 aliphatic rings. The van der Waals surface area contributed by atoms with Crippen LogP contribution in [-0.4, -0.2) is 35.1 Å². The number of aromatic nitrogens is 2. The summed E-state index contributed by atoms with van der Waals surface area (Å²) < 4.78 is 9.97. The SMILES string of the molecule is CCOC(=O)c1cccc(=O)[nH]1.CCOC(=O)c1cccc(=S)[nH]1. The molecule has 8 heteroatoms. The van der Waals surface area contributed by atoms with Gasteiger partial charge in [0, 0.05) is 6.07 Å². The third-order valence-electron chi connectivity index (χ3n) is 2.53. The summed E-state index contributed by atoms with van der Waals surface area (Å²) in [4.78, 5) is 37.9. The van der Waals surface area contributed by atoms with Gasteiger partial charge in [0.05, 0.1) is 13.2 Å². The Morgan fingerprint density at radius 3 is 1.88 bits per heavy atom. The monoisotopic (exact) mass is 350 g/mol. The van der Waals surface area contributed by atoms with Crippen LogP contribution in [-0.2, 0) is 9.47 Å². The number of hydrogen-bond donors (Lipinski definition) is 2. The molecule has 24 heavy (non-hydrogen) atoms. The van der Waals surface area contributed by atoms with Crippen molar-refractivity contribution in [3.8, 4) is 0 Å². The van der Waals surface area contributed by atoms with E-state index in [1.54, 1.807) is 32.0 Å². The van der Waals surface area contributed by atoms with Gasteiger partial charge in [-0.25, -0.2) is 9.59 Å². The lowest BCUT2D eigenvalue weighted by atomic mass is 10.3. The molecule has 128 valence electrons. The molecule has 2 aromatic heterocycles. The smallest absolute Gasteiger partial charge is 0.354 e. The summed E-state index contributed by atoms with van der Waals surface area (Å²) in [5, 5.41) is 0. The Bertz CT molecular complexity index is 730. The average molecular weight is 350 g/mol. The van der Waals surface area contributed by atoms with Gasteiger partial charge in [-0.1, -0.05) is 24.4 Å². The molecule has 0 aliphatic heterocycles. The van der Waals surface area contributed by atoms with Crippen LogP contribution in [0.3, 0.4) is 0 Å². The zero-order valence-corrected chi connectivity index (χ0v) is 14.1. The molecule has 2 heterocycles. The predicted octanol–water partition coefficient (Wildman–Crippen LogP) is 2.47. The summed E-state index contributed by atoms with van der Waals surface area (Å²) in [6, 6.07) is 9.39. The molecule has 0 aromatic carbocycles. The number of ether oxygens (including phenoxy) is 2. The van der Waals surface area contributed by atoms with Crippen LogP contribution in [0.25, 0.3) is 0 Å². The van der Waals surface area contributed by atoms with Gasteiger partial charge in [0.1, 0.15) is 16.0 Å². The van der Waals surface area contributed by atoms with Gasteiger partial charge < -0.3 is 19.4 Å². The van der Waals surface area contributed by atoms with Crippen molar-refractivity contribution in [2.24, 2.45) is 0 Å². The molecule has 0 saturated heterocycles. The van der Waals surface area contributed by atoms with Crippen LogP contribution < -0.4 is 5.56 Å². The molecule has 0 spiro atoms. The third kappa shape index (κ3) is 6.57. The van der Waals surface area contributed by atoms with Crippen LogP contribution in [0.4, 0.5) is 0 Å². The number of nitrogens with one attached hydrogen (secondary N) is 2. The molecule has 0 aliphatic carbocycles. The largest absolute Gasteiger partial charge is 0.461 e. The number of rotatable bonds is 4. The van der Waals surface area contributed by atoms with Gasteiger partial charge in [-0.05, 0) is 32.0 Å². The Hall–Kier alpha value is -2.74. The van der Waals surface area contributed by atoms with Gasteiger partial charge in [0.15, 0.2) is 0 Å². The summed E-state index contributed by atoms with van der Waals surface area (Å²) in [7, 11) is 0. The normalized spacial score (nSPS) is 9.42. The topological polar surface area (TPSA) is 101 Å². The molecule has 0 bridgehead atoms. The fourth-order valence-electron chi connectivity index (χ4n) is 1.55. The third-order valence-corrected chi connectivity index (χ3v) is 2.77. The maximum atomic E-state index is 11.1. The van der Waals surface area contributed by atoms with E-state index in [0.29, 0.717) is 23.5 Å². The summed E-state index contributed by atoms with van der Waals surface area (Å²) in [5.74, 6) is -0.876. The Morgan fingerprint density at radius 1 is 0.917 bits per heavy atom. The molecule has 0 radical (unpaired) electrons. The number of hydrogen-bond acceptors (Lipinski definition) is 6. The van der Waals surface area contributed by atoms with Crippen molar-refractivity contribution in [1.82, 2.24) is 9.97 Å². The van der Waals surface area contributed by atoms with E-state index >= 15 is 0 Å². The highest BCUT2D eigenvalue weighted by atomic mass is 32.1. The molecular formula is C16H18N2O5S. The minimum atomic E-state index is -0.504. The highest BCUT2D eigenvalue weighted by Gasteiger charge is 2.05. The lowest BCUT2D eigenvalue weighted by Crippen LogP contribution is -2.13. The van der Waals surface area contributed by atoms with E-state index in [1.165, 1.54) is 18.2 Å². The van der Waals surface area contributed by atoms with Crippen molar-refractivity contribution >= 4 is 24.2 Å². The van der Waals surface area contributed by atoms with E-state index in [1.807, 2.05) is 0 Å². The van der Waals surface area contributed by atoms with Crippen LogP contribution >= 0.6 is 12.2 Å². The highest BCUT2D eigenvalue weighted by Crippen LogP contribution is 1.97. The van der Waals surface area contributed by atoms with Gasteiger partial charge in [0.25, 0.3) is 0 Å². The van der Waals surface area contributed by atoms with Gasteiger partial charge in [0.2, 0.25) is 5.56 Å². The van der Waals surface area contributed by atoms with Crippen LogP contribution in [0.1, 0.15) is 34.8 Å². The molecule has 0 atom stereocenters. The molecule has 0 amide bonds. The van der Waals surface area contributed by atoms with Crippen molar-refractivity contribution in [3.05, 3.63) is 62.8 Å². The van der Waals surface area contributed by atoms with Crippen molar-refractivity contribution in [2.45, 2.75) is 13.8 Å². The van der Waals surface area contributed by atoms with Crippen molar-refractivity contribution in [3.63, 3.8) is 0 Å². The van der Waals surface area contributed by atoms with Gasteiger partial charge in [-0.2, -0.15) is 0 Å². The Balaban J connectivity index is 0.000000240. The van der Waals surface area contributed by atoms with Crippen LogP contribution in [0, 0.1) is 4.64 Å². The van der Waals surface area contributed by atoms with Crippen molar-refractivity contribution in [1.29, 1.82) is 0 Å². The van der Waals surface area contributed by atoms with Gasteiger partial charge in [-0.3, -0.25) is 4.79 Å². The molecule has 2 rings (SSSR count). The van der Waals surface area contributed by atoms with E-state index in [-0.39, 0.29) is 17.2 Å². The maximum absolute atomic E-state index is 11.1. The van der Waals surface area contributed by atoms with E-state index in [2.05, 4.69) is 14.7 Å². The van der Waals surface area contributed by atoms with E-state index in [0.717, 1.165) is 0 Å². The number of aromatic amines is 2. The first-order valence-electron chi connectivity index (χ1n) is 7.20. The average Bonchev–Trinajstić information content (AvgIpc) is 2.56. The Morgan fingerprint density at radius 2 is 1.42 bits per heavy atom. The molecule has 2 N–H and O–H groups in total. The molecule has 7 nitrogen and oxygen atoms in total. The van der Waals surface area contributed by atoms with E-state index in [9.17, 15) is 14.4 Å². The summed E-state index contributed by atoms with van der Waals surface area (Å²) in [6.07, 6.45) is 0. The quantitative estimate of drug-likeness (QED) is 0.649. The minimum Gasteiger partial charge on any atom is -0.461 e. The van der Waals surface area contributed by atoms with Crippen molar-refractivity contribution in [2.75, 3.05) is 13.2 Å². The predicted molar refractivity (Wildman–Crippen MR) is 90.6 cm³/mol. The van der Waals surface area contributed by atoms with Crippen LogP contribution in [0.2, 0.25) is 0 Å². The van der Waals surface area contributed by atoms with E-state index < -0.39 is 5.97 Å². The lowest BCUT2D eigenvalue weighted by Gasteiger charge is -2.00. The zero-order valence-electron chi connectivity index (χ0n) is 13.3. The molecule has 0 saturated carbocycles. The van der Waals surface area contributed by atoms with Crippen molar-refractivity contribution < 1.29 is 19.1 Å². The first kappa shape index (κ1) is 19.3. The molecule has 0 fully saturated rings. The molecule has 2 aromatic rings. The Kier molecular flexibility index (Phi) is 8.14. The Labute approximate surface area is 143 Å². The first-order chi connectivity index (χ1) is 11.5. The second-order valence-electron chi connectivity index (χ2n) is 4.30. The number of H-pyrrole nitrogens is 2. The summed E-state index contributed by atoms with van der Waals surface area (Å²) in [5.41, 5.74) is 0.272. The minimum absolute atomic E-state index is 0.185. The number of carbonyl (C=O) groups excluding carboxylic acids is 2. The number of carbonyl (C=O) groups is 2. The second kappa shape index (κ2) is 10.1. The fraction of sp³-hybridized carbons (Fsp3) is 0.250. The zero-order chi connectivity index (χ0) is 17.9. The highest BCUT2D eigenvalue weighted by molar-refractivity contribution is 7.71. The molecule has 0 unspecified atom stereocenters. The van der Waals surface area contributed by atoms with Crippen LogP contribution in [0.15, 0.2) is 41.2 Å². The second-order valence-corrected chi connectivity index (χ2v) is 4.74. The van der Waals surface area contributed by atoms with Gasteiger partial charge in [-0.15, -0.1) is 0 Å². The standard InChI is InChI=1S/C8H9NO3.C8H9NO2S/c1-2-12-8(11)6-4-3-5-7(10)9-6;1-2-11-8(10)6-4-3-5-7(12)9-6/h3-5H,2H2,1H3,(H,9,10);3-5H,2H2,1H3,(H,9,12). The number of esters is 2. The maximum Gasteiger partial charge on any atom is 0.354 e. The van der Waals surface area contributed by atoms with Crippen LogP contribution in [0.5, 0.6) is 0 Å². The fourth-order valence-corrected chi connectivity index (χ4v) is 1.74. The summed E-state index contributed by atoms with van der Waals surface area (Å²) >= 11 is 4.84. The van der Waals surface area contributed by atoms with E-state index in [4.69, 9.17) is 17.0 Å². The number of pyridine rings is 2.